The lowest BCUT2D eigenvalue weighted by Gasteiger charge is -2.37. The van der Waals surface area contributed by atoms with Crippen molar-refractivity contribution in [3.8, 4) is 11.5 Å². The van der Waals surface area contributed by atoms with Crippen molar-refractivity contribution in [1.82, 2.24) is 4.90 Å². The monoisotopic (exact) mass is 368 g/mol. The van der Waals surface area contributed by atoms with Crippen molar-refractivity contribution in [3.63, 3.8) is 0 Å². The minimum Gasteiger partial charge on any atom is -0.497 e. The summed E-state index contributed by atoms with van der Waals surface area (Å²) in [5, 5.41) is 0. The molecule has 1 amide bonds. The third kappa shape index (κ3) is 4.73. The Hall–Kier alpha value is -2.69. The highest BCUT2D eigenvalue weighted by molar-refractivity contribution is 5.81. The van der Waals surface area contributed by atoms with Gasteiger partial charge in [0, 0.05) is 31.9 Å². The first-order valence-electron chi connectivity index (χ1n) is 9.52. The fourth-order valence-corrected chi connectivity index (χ4v) is 3.34. The molecule has 1 aliphatic rings. The van der Waals surface area contributed by atoms with Crippen LogP contribution in [0.5, 0.6) is 11.5 Å². The zero-order chi connectivity index (χ0) is 19.2. The average molecular weight is 368 g/mol. The summed E-state index contributed by atoms with van der Waals surface area (Å²) in [5.74, 6) is 1.69. The van der Waals surface area contributed by atoms with Crippen LogP contribution in [0.25, 0.3) is 0 Å². The van der Waals surface area contributed by atoms with Crippen molar-refractivity contribution in [2.24, 2.45) is 0 Å². The van der Waals surface area contributed by atoms with Crippen molar-refractivity contribution >= 4 is 11.6 Å². The predicted octanol–water partition coefficient (Wildman–Crippen LogP) is 3.51. The summed E-state index contributed by atoms with van der Waals surface area (Å²) in [6, 6.07) is 15.9. The van der Waals surface area contributed by atoms with Gasteiger partial charge in [0.2, 0.25) is 0 Å². The summed E-state index contributed by atoms with van der Waals surface area (Å²) in [7, 11) is 1.67. The Morgan fingerprint density at radius 2 is 1.74 bits per heavy atom. The molecule has 3 rings (SSSR count). The molecule has 27 heavy (non-hydrogen) atoms. The number of nitrogens with zero attached hydrogens (tertiary/aromatic N) is 2. The van der Waals surface area contributed by atoms with E-state index in [4.69, 9.17) is 9.47 Å². The Balaban J connectivity index is 1.57. The molecule has 144 valence electrons. The fourth-order valence-electron chi connectivity index (χ4n) is 3.34. The molecule has 1 fully saturated rings. The fraction of sp³-hybridized carbons (Fsp3) is 0.409. The van der Waals surface area contributed by atoms with Crippen LogP contribution >= 0.6 is 0 Å². The van der Waals surface area contributed by atoms with Crippen molar-refractivity contribution in [2.75, 3.05) is 38.2 Å². The maximum absolute atomic E-state index is 12.9. The Morgan fingerprint density at radius 3 is 2.33 bits per heavy atom. The number of rotatable bonds is 6. The maximum atomic E-state index is 12.9. The van der Waals surface area contributed by atoms with Crippen LogP contribution in [0.15, 0.2) is 48.5 Å². The van der Waals surface area contributed by atoms with Crippen LogP contribution in [0.2, 0.25) is 0 Å². The molecule has 0 bridgehead atoms. The predicted molar refractivity (Wildman–Crippen MR) is 108 cm³/mol. The van der Waals surface area contributed by atoms with Crippen LogP contribution in [0.4, 0.5) is 5.69 Å². The van der Waals surface area contributed by atoms with E-state index in [0.29, 0.717) is 19.5 Å². The first kappa shape index (κ1) is 19.1. The number of anilines is 1. The lowest BCUT2D eigenvalue weighted by Crippen LogP contribution is -2.52. The van der Waals surface area contributed by atoms with Gasteiger partial charge in [-0.05, 0) is 55.3 Å². The van der Waals surface area contributed by atoms with Gasteiger partial charge < -0.3 is 19.3 Å². The standard InChI is InChI=1S/C22H28N2O3/c1-4-21(27-20-7-5-6-17(2)16-20)22(25)24-14-12-23(13-15-24)18-8-10-19(26-3)11-9-18/h5-11,16,21H,4,12-15H2,1-3H3. The van der Waals surface area contributed by atoms with Gasteiger partial charge in [0.1, 0.15) is 11.5 Å². The molecule has 1 aliphatic heterocycles. The number of amides is 1. The molecular weight excluding hydrogens is 340 g/mol. The largest absolute Gasteiger partial charge is 0.497 e. The Labute approximate surface area is 161 Å². The van der Waals surface area contributed by atoms with E-state index in [-0.39, 0.29) is 5.91 Å². The zero-order valence-electron chi connectivity index (χ0n) is 16.4. The molecule has 0 saturated carbocycles. The summed E-state index contributed by atoms with van der Waals surface area (Å²) in [4.78, 5) is 17.1. The van der Waals surface area contributed by atoms with Gasteiger partial charge in [0.15, 0.2) is 6.10 Å². The lowest BCUT2D eigenvalue weighted by molar-refractivity contribution is -0.139. The molecule has 0 spiro atoms. The Bertz CT molecular complexity index is 752. The molecule has 2 aromatic carbocycles. The van der Waals surface area contributed by atoms with E-state index < -0.39 is 6.10 Å². The minimum atomic E-state index is -0.431. The van der Waals surface area contributed by atoms with E-state index in [0.717, 1.165) is 35.8 Å². The highest BCUT2D eigenvalue weighted by atomic mass is 16.5. The molecule has 0 radical (unpaired) electrons. The summed E-state index contributed by atoms with van der Waals surface area (Å²) in [5.41, 5.74) is 2.29. The first-order chi connectivity index (χ1) is 13.1. The van der Waals surface area contributed by atoms with Gasteiger partial charge >= 0.3 is 0 Å². The zero-order valence-corrected chi connectivity index (χ0v) is 16.4. The SMILES string of the molecule is CCC(Oc1cccc(C)c1)C(=O)N1CCN(c2ccc(OC)cc2)CC1. The van der Waals surface area contributed by atoms with Gasteiger partial charge in [-0.2, -0.15) is 0 Å². The van der Waals surface area contributed by atoms with Gasteiger partial charge in [-0.3, -0.25) is 4.79 Å². The second kappa shape index (κ2) is 8.80. The van der Waals surface area contributed by atoms with E-state index in [1.165, 1.54) is 0 Å². The second-order valence-electron chi connectivity index (χ2n) is 6.84. The van der Waals surface area contributed by atoms with Crippen molar-refractivity contribution in [2.45, 2.75) is 26.4 Å². The number of carbonyl (C=O) groups is 1. The number of ether oxygens (including phenoxy) is 2. The number of methoxy groups -OCH3 is 1. The number of hydrogen-bond acceptors (Lipinski definition) is 4. The summed E-state index contributed by atoms with van der Waals surface area (Å²) in [6.45, 7) is 7.06. The van der Waals surface area contributed by atoms with Gasteiger partial charge in [-0.15, -0.1) is 0 Å². The Morgan fingerprint density at radius 1 is 1.04 bits per heavy atom. The average Bonchev–Trinajstić information content (AvgIpc) is 2.72. The van der Waals surface area contributed by atoms with Crippen LogP contribution in [0.1, 0.15) is 18.9 Å². The van der Waals surface area contributed by atoms with Crippen LogP contribution in [0, 0.1) is 6.92 Å². The molecule has 5 heteroatoms. The minimum absolute atomic E-state index is 0.0772. The molecule has 1 atom stereocenters. The summed E-state index contributed by atoms with van der Waals surface area (Å²) in [6.07, 6.45) is 0.227. The van der Waals surface area contributed by atoms with Gasteiger partial charge in [-0.1, -0.05) is 19.1 Å². The number of piperazine rings is 1. The van der Waals surface area contributed by atoms with Crippen LogP contribution in [-0.2, 0) is 4.79 Å². The Kier molecular flexibility index (Phi) is 6.22. The quantitative estimate of drug-likeness (QED) is 0.783. The smallest absolute Gasteiger partial charge is 0.263 e. The van der Waals surface area contributed by atoms with Crippen LogP contribution in [-0.4, -0.2) is 50.2 Å². The molecule has 0 aromatic heterocycles. The van der Waals surface area contributed by atoms with Crippen LogP contribution < -0.4 is 14.4 Å². The molecule has 1 heterocycles. The number of aryl methyl sites for hydroxylation is 1. The van der Waals surface area contributed by atoms with Crippen LogP contribution in [0.3, 0.4) is 0 Å². The number of carbonyl (C=O) groups excluding carboxylic acids is 1. The van der Waals surface area contributed by atoms with E-state index in [1.54, 1.807) is 7.11 Å². The van der Waals surface area contributed by atoms with E-state index in [2.05, 4.69) is 17.0 Å². The lowest BCUT2D eigenvalue weighted by atomic mass is 10.2. The molecule has 0 aliphatic carbocycles. The summed E-state index contributed by atoms with van der Waals surface area (Å²) >= 11 is 0. The molecular formula is C22H28N2O3. The van der Waals surface area contributed by atoms with Crippen molar-refractivity contribution in [1.29, 1.82) is 0 Å². The first-order valence-corrected chi connectivity index (χ1v) is 9.52. The highest BCUT2D eigenvalue weighted by Crippen LogP contribution is 2.21. The van der Waals surface area contributed by atoms with Gasteiger partial charge in [-0.25, -0.2) is 0 Å². The summed E-state index contributed by atoms with van der Waals surface area (Å²) < 4.78 is 11.2. The molecule has 1 saturated heterocycles. The van der Waals surface area contributed by atoms with Gasteiger partial charge in [0.25, 0.3) is 5.91 Å². The van der Waals surface area contributed by atoms with E-state index in [9.17, 15) is 4.79 Å². The highest BCUT2D eigenvalue weighted by Gasteiger charge is 2.28. The third-order valence-electron chi connectivity index (χ3n) is 4.94. The third-order valence-corrected chi connectivity index (χ3v) is 4.94. The molecule has 2 aromatic rings. The molecule has 5 nitrogen and oxygen atoms in total. The topological polar surface area (TPSA) is 42.0 Å². The molecule has 0 N–H and O–H groups in total. The van der Waals surface area contributed by atoms with Gasteiger partial charge in [0.05, 0.1) is 7.11 Å². The number of benzene rings is 2. The van der Waals surface area contributed by atoms with Crippen molar-refractivity contribution in [3.05, 3.63) is 54.1 Å². The van der Waals surface area contributed by atoms with Crippen molar-refractivity contribution < 1.29 is 14.3 Å². The van der Waals surface area contributed by atoms with E-state index >= 15 is 0 Å². The normalized spacial score (nSPS) is 15.4. The van der Waals surface area contributed by atoms with E-state index in [1.807, 2.05) is 55.1 Å². The second-order valence-corrected chi connectivity index (χ2v) is 6.84. The maximum Gasteiger partial charge on any atom is 0.263 e. The molecule has 1 unspecified atom stereocenters. The number of hydrogen-bond donors (Lipinski definition) is 0.